The molecule has 2 saturated heterocycles. The van der Waals surface area contributed by atoms with Crippen molar-refractivity contribution in [3.8, 4) is 17.5 Å². The maximum absolute atomic E-state index is 12.9. The third kappa shape index (κ3) is 4.01. The second-order valence-corrected chi connectivity index (χ2v) is 9.46. The van der Waals surface area contributed by atoms with Crippen molar-refractivity contribution in [2.45, 2.75) is 24.7 Å². The molecule has 29 heavy (non-hydrogen) atoms. The Morgan fingerprint density at radius 1 is 1.17 bits per heavy atom. The monoisotopic (exact) mass is 416 g/mol. The second-order valence-electron chi connectivity index (χ2n) is 7.52. The van der Waals surface area contributed by atoms with Crippen LogP contribution in [0.2, 0.25) is 0 Å². The Morgan fingerprint density at radius 3 is 2.55 bits per heavy atom. The van der Waals surface area contributed by atoms with Crippen LogP contribution in [-0.4, -0.2) is 57.1 Å². The molecule has 0 bridgehead atoms. The number of anilines is 1. The van der Waals surface area contributed by atoms with Gasteiger partial charge in [0.2, 0.25) is 27.5 Å². The zero-order valence-corrected chi connectivity index (χ0v) is 17.2. The lowest BCUT2D eigenvalue weighted by Crippen LogP contribution is -2.39. The Balaban J connectivity index is 1.58. The van der Waals surface area contributed by atoms with E-state index < -0.39 is 10.0 Å². The number of morpholine rings is 1. The molecule has 2 fully saturated rings. The molecular weight excluding hydrogens is 392 g/mol. The maximum Gasteiger partial charge on any atom is 0.243 e. The van der Waals surface area contributed by atoms with Gasteiger partial charge in [-0.2, -0.15) is 14.6 Å². The van der Waals surface area contributed by atoms with Crippen molar-refractivity contribution < 1.29 is 17.6 Å². The largest absolute Gasteiger partial charge is 0.419 e. The molecule has 2 aliphatic rings. The van der Waals surface area contributed by atoms with Gasteiger partial charge in [0, 0.05) is 31.7 Å². The van der Waals surface area contributed by atoms with E-state index in [1.54, 1.807) is 28.6 Å². The highest BCUT2D eigenvalue weighted by Crippen LogP contribution is 2.30. The first-order chi connectivity index (χ1) is 14.0. The van der Waals surface area contributed by atoms with Crippen LogP contribution in [0.4, 0.5) is 5.88 Å². The van der Waals surface area contributed by atoms with Gasteiger partial charge in [-0.3, -0.25) is 0 Å². The molecule has 1 aromatic heterocycles. The van der Waals surface area contributed by atoms with Gasteiger partial charge in [-0.25, -0.2) is 8.42 Å². The molecule has 0 radical (unpaired) electrons. The summed E-state index contributed by atoms with van der Waals surface area (Å²) in [6.07, 6.45) is 1.94. The molecule has 9 heteroatoms. The van der Waals surface area contributed by atoms with Crippen LogP contribution in [0.3, 0.4) is 0 Å². The number of hydrogen-bond acceptors (Lipinski definition) is 7. The number of ether oxygens (including phenoxy) is 1. The molecule has 3 heterocycles. The number of hydrogen-bond donors (Lipinski definition) is 0. The number of oxazole rings is 1. The summed E-state index contributed by atoms with van der Waals surface area (Å²) in [5.41, 5.74) is 0.855. The van der Waals surface area contributed by atoms with Gasteiger partial charge in [0.05, 0.1) is 18.1 Å². The maximum atomic E-state index is 12.9. The lowest BCUT2D eigenvalue weighted by molar-refractivity contribution is 0.121. The Bertz CT molecular complexity index is 1000. The third-order valence-electron chi connectivity index (χ3n) is 5.37. The number of piperidine rings is 1. The number of sulfonamides is 1. The van der Waals surface area contributed by atoms with Crippen molar-refractivity contribution in [3.63, 3.8) is 0 Å². The van der Waals surface area contributed by atoms with Gasteiger partial charge < -0.3 is 14.1 Å². The third-order valence-corrected chi connectivity index (χ3v) is 7.25. The Hall–Kier alpha value is -2.41. The van der Waals surface area contributed by atoms with Crippen LogP contribution in [0.15, 0.2) is 33.6 Å². The number of rotatable bonds is 4. The van der Waals surface area contributed by atoms with E-state index in [1.807, 2.05) is 4.90 Å². The van der Waals surface area contributed by atoms with Crippen LogP contribution in [-0.2, 0) is 14.8 Å². The first-order valence-electron chi connectivity index (χ1n) is 9.83. The topological polar surface area (TPSA) is 99.7 Å². The van der Waals surface area contributed by atoms with Crippen LogP contribution in [0.25, 0.3) is 11.5 Å². The lowest BCUT2D eigenvalue weighted by atomic mass is 10.0. The summed E-state index contributed by atoms with van der Waals surface area (Å²) in [4.78, 5) is 6.50. The van der Waals surface area contributed by atoms with Crippen molar-refractivity contribution >= 4 is 15.9 Å². The number of nitrogens with zero attached hydrogens (tertiary/aromatic N) is 4. The minimum absolute atomic E-state index is 0.223. The molecule has 0 spiro atoms. The van der Waals surface area contributed by atoms with Gasteiger partial charge in [0.25, 0.3) is 0 Å². The first-order valence-corrected chi connectivity index (χ1v) is 11.3. The van der Waals surface area contributed by atoms with Crippen LogP contribution in [0.1, 0.15) is 25.5 Å². The van der Waals surface area contributed by atoms with Crippen LogP contribution in [0.5, 0.6) is 0 Å². The molecule has 0 unspecified atom stereocenters. The van der Waals surface area contributed by atoms with Crippen molar-refractivity contribution in [3.05, 3.63) is 30.0 Å². The molecule has 154 valence electrons. The molecule has 0 amide bonds. The molecule has 0 saturated carbocycles. The molecule has 1 aromatic carbocycles. The van der Waals surface area contributed by atoms with E-state index in [1.165, 1.54) is 0 Å². The minimum atomic E-state index is -3.51. The first kappa shape index (κ1) is 19.9. The number of nitriles is 1. The fourth-order valence-electron chi connectivity index (χ4n) is 3.77. The molecule has 0 aliphatic carbocycles. The van der Waals surface area contributed by atoms with E-state index in [2.05, 4.69) is 18.0 Å². The van der Waals surface area contributed by atoms with Gasteiger partial charge in [-0.05, 0) is 43.0 Å². The molecule has 4 rings (SSSR count). The van der Waals surface area contributed by atoms with Gasteiger partial charge in [-0.15, -0.1) is 0 Å². The van der Waals surface area contributed by atoms with Crippen molar-refractivity contribution in [2.75, 3.05) is 44.3 Å². The molecule has 1 atom stereocenters. The fourth-order valence-corrected chi connectivity index (χ4v) is 5.37. The average Bonchev–Trinajstić information content (AvgIpc) is 3.19. The van der Waals surface area contributed by atoms with Gasteiger partial charge >= 0.3 is 0 Å². The molecule has 2 aliphatic heterocycles. The van der Waals surface area contributed by atoms with Crippen LogP contribution >= 0.6 is 0 Å². The smallest absolute Gasteiger partial charge is 0.243 e. The molecule has 2 aromatic rings. The summed E-state index contributed by atoms with van der Waals surface area (Å²) in [7, 11) is -3.51. The molecule has 8 nitrogen and oxygen atoms in total. The minimum Gasteiger partial charge on any atom is -0.419 e. The van der Waals surface area contributed by atoms with Crippen molar-refractivity contribution in [1.82, 2.24) is 9.29 Å². The Labute approximate surface area is 170 Å². The SMILES string of the molecule is C[C@H]1CCCN(S(=O)(=O)c2ccc(-c3nc(C#N)c(N4CCOCC4)o3)cc2)C1. The van der Waals surface area contributed by atoms with E-state index in [-0.39, 0.29) is 10.6 Å². The summed E-state index contributed by atoms with van der Waals surface area (Å²) in [5, 5.41) is 9.41. The highest BCUT2D eigenvalue weighted by atomic mass is 32.2. The number of aromatic nitrogens is 1. The summed E-state index contributed by atoms with van der Waals surface area (Å²) in [6, 6.07) is 8.59. The quantitative estimate of drug-likeness (QED) is 0.755. The van der Waals surface area contributed by atoms with E-state index >= 15 is 0 Å². The summed E-state index contributed by atoms with van der Waals surface area (Å²) in [6.45, 7) is 5.60. The average molecular weight is 417 g/mol. The summed E-state index contributed by atoms with van der Waals surface area (Å²) >= 11 is 0. The lowest BCUT2D eigenvalue weighted by Gasteiger charge is -2.30. The van der Waals surface area contributed by atoms with E-state index in [4.69, 9.17) is 9.15 Å². The van der Waals surface area contributed by atoms with Gasteiger partial charge in [-0.1, -0.05) is 6.92 Å². The normalized spacial score (nSPS) is 21.1. The summed E-state index contributed by atoms with van der Waals surface area (Å²) in [5.74, 6) is 1.11. The summed E-state index contributed by atoms with van der Waals surface area (Å²) < 4.78 is 38.6. The highest BCUT2D eigenvalue weighted by molar-refractivity contribution is 7.89. The Kier molecular flexibility index (Phi) is 5.58. The zero-order valence-electron chi connectivity index (χ0n) is 16.4. The van der Waals surface area contributed by atoms with E-state index in [0.29, 0.717) is 62.6 Å². The molecular formula is C20H24N4O4S. The predicted molar refractivity (Wildman–Crippen MR) is 107 cm³/mol. The van der Waals surface area contributed by atoms with Gasteiger partial charge in [0.15, 0.2) is 0 Å². The van der Waals surface area contributed by atoms with Gasteiger partial charge in [0.1, 0.15) is 6.07 Å². The highest BCUT2D eigenvalue weighted by Gasteiger charge is 2.29. The van der Waals surface area contributed by atoms with Crippen LogP contribution < -0.4 is 4.90 Å². The molecule has 0 N–H and O–H groups in total. The fraction of sp³-hybridized carbons (Fsp3) is 0.500. The Morgan fingerprint density at radius 2 is 1.90 bits per heavy atom. The van der Waals surface area contributed by atoms with Crippen molar-refractivity contribution in [2.24, 2.45) is 5.92 Å². The number of benzene rings is 1. The standard InChI is InChI=1S/C20H24N4O4S/c1-15-3-2-8-24(14-15)29(25,26)17-6-4-16(5-7-17)19-22-18(13-21)20(28-19)23-9-11-27-12-10-23/h4-7,15H,2-3,8-12,14H2,1H3/t15-/m0/s1. The van der Waals surface area contributed by atoms with E-state index in [0.717, 1.165) is 12.8 Å². The van der Waals surface area contributed by atoms with E-state index in [9.17, 15) is 13.7 Å². The zero-order chi connectivity index (χ0) is 20.4. The second kappa shape index (κ2) is 8.14. The van der Waals surface area contributed by atoms with Crippen molar-refractivity contribution in [1.29, 1.82) is 5.26 Å². The predicted octanol–water partition coefficient (Wildman–Crippen LogP) is 2.47. The van der Waals surface area contributed by atoms with Crippen LogP contribution in [0, 0.1) is 17.2 Å².